The van der Waals surface area contributed by atoms with Crippen LogP contribution in [0.5, 0.6) is 0 Å². The molecule has 1 atom stereocenters. The van der Waals surface area contributed by atoms with Gasteiger partial charge < -0.3 is 15.4 Å². The van der Waals surface area contributed by atoms with Crippen LogP contribution in [0.3, 0.4) is 0 Å². The number of carbonyl (C=O) groups excluding carboxylic acids is 2. The Morgan fingerprint density at radius 2 is 2.12 bits per heavy atom. The van der Waals surface area contributed by atoms with Crippen molar-refractivity contribution in [2.24, 2.45) is 0 Å². The second-order valence-electron chi connectivity index (χ2n) is 5.82. The van der Waals surface area contributed by atoms with Gasteiger partial charge in [0, 0.05) is 43.9 Å². The first-order valence-electron chi connectivity index (χ1n) is 8.25. The minimum Gasteiger partial charge on any atom is -0.376 e. The molecule has 1 fully saturated rings. The van der Waals surface area contributed by atoms with E-state index in [2.05, 4.69) is 20.6 Å². The lowest BCUT2D eigenvalue weighted by Crippen LogP contribution is -2.32. The van der Waals surface area contributed by atoms with Crippen LogP contribution >= 0.6 is 0 Å². The Kier molecular flexibility index (Phi) is 5.69. The molecular formula is C18H20N4O3. The lowest BCUT2D eigenvalue weighted by molar-refractivity contribution is 0.0857. The molecule has 1 aliphatic rings. The average Bonchev–Trinajstić information content (AvgIpc) is 3.18. The summed E-state index contributed by atoms with van der Waals surface area (Å²) in [6.07, 6.45) is 6.87. The lowest BCUT2D eigenvalue weighted by atomic mass is 10.2. The molecule has 0 radical (unpaired) electrons. The third-order valence-electron chi connectivity index (χ3n) is 3.94. The van der Waals surface area contributed by atoms with Crippen LogP contribution in [-0.2, 0) is 11.3 Å². The van der Waals surface area contributed by atoms with Gasteiger partial charge in [-0.25, -0.2) is 0 Å². The topological polar surface area (TPSA) is 93.2 Å². The van der Waals surface area contributed by atoms with Gasteiger partial charge in [0.2, 0.25) is 0 Å². The number of nitrogens with zero attached hydrogens (tertiary/aromatic N) is 2. The Hall–Kier alpha value is -2.80. The molecule has 3 rings (SSSR count). The Balaban J connectivity index is 1.56. The average molecular weight is 340 g/mol. The summed E-state index contributed by atoms with van der Waals surface area (Å²) < 4.78 is 5.48. The monoisotopic (exact) mass is 340 g/mol. The molecule has 2 amide bonds. The van der Waals surface area contributed by atoms with Gasteiger partial charge in [-0.15, -0.1) is 0 Å². The van der Waals surface area contributed by atoms with E-state index in [4.69, 9.17) is 4.74 Å². The number of carbonyl (C=O) groups is 2. The summed E-state index contributed by atoms with van der Waals surface area (Å²) in [4.78, 5) is 32.5. The maximum atomic E-state index is 12.2. The van der Waals surface area contributed by atoms with E-state index in [-0.39, 0.29) is 23.6 Å². The van der Waals surface area contributed by atoms with Gasteiger partial charge in [-0.05, 0) is 36.6 Å². The van der Waals surface area contributed by atoms with Gasteiger partial charge in [0.15, 0.2) is 0 Å². The summed E-state index contributed by atoms with van der Waals surface area (Å²) in [5.74, 6) is -0.572. The Labute approximate surface area is 145 Å². The molecule has 0 saturated carbocycles. The molecule has 1 saturated heterocycles. The summed E-state index contributed by atoms with van der Waals surface area (Å²) in [6, 6.07) is 6.75. The number of aromatic nitrogens is 2. The van der Waals surface area contributed by atoms with Gasteiger partial charge in [-0.2, -0.15) is 0 Å². The van der Waals surface area contributed by atoms with E-state index in [1.54, 1.807) is 24.5 Å². The van der Waals surface area contributed by atoms with Gasteiger partial charge in [0.05, 0.1) is 6.10 Å². The van der Waals surface area contributed by atoms with Crippen LogP contribution in [0.25, 0.3) is 0 Å². The number of rotatable bonds is 6. The highest BCUT2D eigenvalue weighted by atomic mass is 16.5. The summed E-state index contributed by atoms with van der Waals surface area (Å²) in [7, 11) is 0. The zero-order valence-electron chi connectivity index (χ0n) is 13.8. The molecule has 1 unspecified atom stereocenters. The first-order valence-corrected chi connectivity index (χ1v) is 8.25. The van der Waals surface area contributed by atoms with Crippen molar-refractivity contribution in [3.63, 3.8) is 0 Å². The van der Waals surface area contributed by atoms with E-state index in [9.17, 15) is 9.59 Å². The van der Waals surface area contributed by atoms with E-state index in [1.165, 1.54) is 12.3 Å². The molecule has 0 bridgehead atoms. The van der Waals surface area contributed by atoms with E-state index in [1.807, 2.05) is 6.07 Å². The van der Waals surface area contributed by atoms with E-state index < -0.39 is 0 Å². The SMILES string of the molecule is O=C(NCC1CCCO1)c1ccnc(C(=O)NCc2cccnc2)c1. The van der Waals surface area contributed by atoms with Crippen LogP contribution in [0.15, 0.2) is 42.9 Å². The molecular weight excluding hydrogens is 320 g/mol. The van der Waals surface area contributed by atoms with Crippen LogP contribution in [0.1, 0.15) is 39.3 Å². The third kappa shape index (κ3) is 4.84. The molecule has 2 aromatic rings. The zero-order chi connectivity index (χ0) is 17.5. The van der Waals surface area contributed by atoms with Gasteiger partial charge in [-0.1, -0.05) is 6.07 Å². The smallest absolute Gasteiger partial charge is 0.270 e. The van der Waals surface area contributed by atoms with Gasteiger partial charge in [0.25, 0.3) is 11.8 Å². The maximum absolute atomic E-state index is 12.2. The highest BCUT2D eigenvalue weighted by molar-refractivity contribution is 5.98. The molecule has 25 heavy (non-hydrogen) atoms. The zero-order valence-corrected chi connectivity index (χ0v) is 13.8. The number of nitrogens with one attached hydrogen (secondary N) is 2. The van der Waals surface area contributed by atoms with Crippen molar-refractivity contribution in [3.8, 4) is 0 Å². The predicted molar refractivity (Wildman–Crippen MR) is 91.0 cm³/mol. The van der Waals surface area contributed by atoms with Gasteiger partial charge >= 0.3 is 0 Å². The van der Waals surface area contributed by atoms with E-state index >= 15 is 0 Å². The number of hydrogen-bond donors (Lipinski definition) is 2. The molecule has 2 N–H and O–H groups in total. The fourth-order valence-corrected chi connectivity index (χ4v) is 2.59. The van der Waals surface area contributed by atoms with Crippen molar-refractivity contribution in [2.75, 3.05) is 13.2 Å². The molecule has 0 aromatic carbocycles. The van der Waals surface area contributed by atoms with Crippen LogP contribution in [0.2, 0.25) is 0 Å². The molecule has 0 aliphatic carbocycles. The fourth-order valence-electron chi connectivity index (χ4n) is 2.59. The molecule has 7 heteroatoms. The molecule has 130 valence electrons. The Morgan fingerprint density at radius 1 is 1.20 bits per heavy atom. The van der Waals surface area contributed by atoms with Crippen molar-refractivity contribution in [2.45, 2.75) is 25.5 Å². The molecule has 2 aromatic heterocycles. The summed E-state index contributed by atoms with van der Waals surface area (Å²) in [5, 5.41) is 5.60. The van der Waals surface area contributed by atoms with Crippen molar-refractivity contribution in [1.82, 2.24) is 20.6 Å². The van der Waals surface area contributed by atoms with Crippen LogP contribution < -0.4 is 10.6 Å². The molecule has 0 spiro atoms. The van der Waals surface area contributed by atoms with Crippen LogP contribution in [-0.4, -0.2) is 41.0 Å². The van der Waals surface area contributed by atoms with Crippen LogP contribution in [0.4, 0.5) is 0 Å². The van der Waals surface area contributed by atoms with Crippen molar-refractivity contribution in [3.05, 3.63) is 59.7 Å². The van der Waals surface area contributed by atoms with Crippen molar-refractivity contribution >= 4 is 11.8 Å². The van der Waals surface area contributed by atoms with E-state index in [0.717, 1.165) is 25.0 Å². The number of hydrogen-bond acceptors (Lipinski definition) is 5. The highest BCUT2D eigenvalue weighted by Gasteiger charge is 2.17. The summed E-state index contributed by atoms with van der Waals surface area (Å²) >= 11 is 0. The lowest BCUT2D eigenvalue weighted by Gasteiger charge is -2.11. The summed E-state index contributed by atoms with van der Waals surface area (Å²) in [6.45, 7) is 1.57. The Morgan fingerprint density at radius 3 is 2.88 bits per heavy atom. The predicted octanol–water partition coefficient (Wildman–Crippen LogP) is 1.32. The number of amides is 2. The number of pyridine rings is 2. The normalized spacial score (nSPS) is 16.4. The minimum atomic E-state index is -0.336. The summed E-state index contributed by atoms with van der Waals surface area (Å²) in [5.41, 5.74) is 1.49. The van der Waals surface area contributed by atoms with E-state index in [0.29, 0.717) is 18.7 Å². The second-order valence-corrected chi connectivity index (χ2v) is 5.82. The molecule has 7 nitrogen and oxygen atoms in total. The maximum Gasteiger partial charge on any atom is 0.270 e. The second kappa shape index (κ2) is 8.34. The van der Waals surface area contributed by atoms with Crippen molar-refractivity contribution in [1.29, 1.82) is 0 Å². The third-order valence-corrected chi connectivity index (χ3v) is 3.94. The number of ether oxygens (including phenoxy) is 1. The minimum absolute atomic E-state index is 0.0769. The Bertz CT molecular complexity index is 730. The van der Waals surface area contributed by atoms with Crippen LogP contribution in [0, 0.1) is 0 Å². The fraction of sp³-hybridized carbons (Fsp3) is 0.333. The molecule has 1 aliphatic heterocycles. The van der Waals surface area contributed by atoms with Gasteiger partial charge in [-0.3, -0.25) is 19.6 Å². The van der Waals surface area contributed by atoms with Gasteiger partial charge in [0.1, 0.15) is 5.69 Å². The quantitative estimate of drug-likeness (QED) is 0.827. The molecule has 3 heterocycles. The standard InChI is InChI=1S/C18H20N4O3/c23-17(22-12-15-4-2-8-25-15)14-5-7-20-16(9-14)18(24)21-11-13-3-1-6-19-10-13/h1,3,5-7,9-10,15H,2,4,8,11-12H2,(H,21,24)(H,22,23). The van der Waals surface area contributed by atoms with Crippen molar-refractivity contribution < 1.29 is 14.3 Å². The first-order chi connectivity index (χ1) is 12.2. The largest absolute Gasteiger partial charge is 0.376 e. The highest BCUT2D eigenvalue weighted by Crippen LogP contribution is 2.11. The first kappa shape index (κ1) is 17.0.